The Hall–Kier alpha value is -2.47. The number of para-hydroxylation sites is 1. The predicted molar refractivity (Wildman–Crippen MR) is 68.0 cm³/mol. The first-order valence-corrected chi connectivity index (χ1v) is 5.76. The van der Waals surface area contributed by atoms with Gasteiger partial charge in [0.05, 0.1) is 24.1 Å². The summed E-state index contributed by atoms with van der Waals surface area (Å²) >= 11 is 0. The summed E-state index contributed by atoms with van der Waals surface area (Å²) in [5, 5.41) is 14.9. The van der Waals surface area contributed by atoms with E-state index in [1.807, 2.05) is 30.3 Å². The van der Waals surface area contributed by atoms with Gasteiger partial charge in [-0.25, -0.2) is 4.68 Å². The summed E-state index contributed by atoms with van der Waals surface area (Å²) in [4.78, 5) is 23.2. The second kappa shape index (κ2) is 5.92. The van der Waals surface area contributed by atoms with Crippen molar-refractivity contribution >= 4 is 11.7 Å². The second-order valence-corrected chi connectivity index (χ2v) is 3.82. The van der Waals surface area contributed by atoms with Gasteiger partial charge in [0.1, 0.15) is 0 Å². The van der Waals surface area contributed by atoms with Gasteiger partial charge < -0.3 is 10.4 Å². The van der Waals surface area contributed by atoms with Crippen molar-refractivity contribution in [1.82, 2.24) is 15.1 Å². The Morgan fingerprint density at radius 1 is 1.26 bits per heavy atom. The highest BCUT2D eigenvalue weighted by Crippen LogP contribution is 2.08. The molecule has 2 N–H and O–H groups in total. The number of nitrogens with one attached hydrogen (secondary N) is 1. The van der Waals surface area contributed by atoms with Crippen LogP contribution in [0.15, 0.2) is 42.7 Å². The lowest BCUT2D eigenvalue weighted by Crippen LogP contribution is -2.32. The van der Waals surface area contributed by atoms with E-state index in [0.29, 0.717) is 0 Å². The van der Waals surface area contributed by atoms with Crippen LogP contribution in [0.25, 0.3) is 5.69 Å². The number of ketones is 1. The van der Waals surface area contributed by atoms with Gasteiger partial charge in [0, 0.05) is 12.7 Å². The van der Waals surface area contributed by atoms with Gasteiger partial charge in [-0.2, -0.15) is 5.10 Å². The molecular weight excluding hydrogens is 246 g/mol. The molecule has 0 spiro atoms. The van der Waals surface area contributed by atoms with Crippen LogP contribution in [0.1, 0.15) is 10.4 Å². The third kappa shape index (κ3) is 3.05. The fourth-order valence-corrected chi connectivity index (χ4v) is 1.54. The largest absolute Gasteiger partial charge is 0.395 e. The van der Waals surface area contributed by atoms with E-state index in [-0.39, 0.29) is 18.7 Å². The topological polar surface area (TPSA) is 84.2 Å². The van der Waals surface area contributed by atoms with Crippen LogP contribution < -0.4 is 5.32 Å². The van der Waals surface area contributed by atoms with Crippen LogP contribution in [0, 0.1) is 0 Å². The number of rotatable bonds is 5. The minimum atomic E-state index is -0.748. The standard InChI is InChI=1S/C13H13N3O3/c17-7-6-14-13(19)12(18)10-8-15-16(9-10)11-4-2-1-3-5-11/h1-5,8-9,17H,6-7H2,(H,14,19). The summed E-state index contributed by atoms with van der Waals surface area (Å²) in [6, 6.07) is 9.26. The zero-order valence-electron chi connectivity index (χ0n) is 10.1. The Labute approximate surface area is 109 Å². The van der Waals surface area contributed by atoms with Crippen LogP contribution in [-0.4, -0.2) is 39.7 Å². The molecule has 6 nitrogen and oxygen atoms in total. The quantitative estimate of drug-likeness (QED) is 0.592. The molecule has 98 valence electrons. The molecule has 6 heteroatoms. The van der Waals surface area contributed by atoms with E-state index in [2.05, 4.69) is 10.4 Å². The molecule has 2 aromatic rings. The summed E-state index contributed by atoms with van der Waals surface area (Å²) in [5.41, 5.74) is 1.01. The van der Waals surface area contributed by atoms with Gasteiger partial charge in [-0.1, -0.05) is 18.2 Å². The molecule has 0 bridgehead atoms. The van der Waals surface area contributed by atoms with Crippen LogP contribution in [0.5, 0.6) is 0 Å². The fraction of sp³-hybridized carbons (Fsp3) is 0.154. The Balaban J connectivity index is 2.13. The SMILES string of the molecule is O=C(NCCO)C(=O)c1cnn(-c2ccccc2)c1. The molecular formula is C13H13N3O3. The second-order valence-electron chi connectivity index (χ2n) is 3.82. The molecule has 0 unspecified atom stereocenters. The molecule has 0 saturated heterocycles. The molecule has 0 aliphatic rings. The van der Waals surface area contributed by atoms with Crippen molar-refractivity contribution in [2.75, 3.05) is 13.2 Å². The normalized spacial score (nSPS) is 10.2. The van der Waals surface area contributed by atoms with Crippen molar-refractivity contribution in [3.8, 4) is 5.69 Å². The molecule has 0 fully saturated rings. The lowest BCUT2D eigenvalue weighted by Gasteiger charge is -2.00. The molecule has 1 amide bonds. The van der Waals surface area contributed by atoms with Gasteiger partial charge in [-0.05, 0) is 12.1 Å². The van der Waals surface area contributed by atoms with Crippen molar-refractivity contribution in [1.29, 1.82) is 0 Å². The van der Waals surface area contributed by atoms with Crippen molar-refractivity contribution in [2.24, 2.45) is 0 Å². The summed E-state index contributed by atoms with van der Waals surface area (Å²) in [6.07, 6.45) is 2.84. The lowest BCUT2D eigenvalue weighted by molar-refractivity contribution is -0.117. The third-order valence-corrected chi connectivity index (χ3v) is 2.47. The van der Waals surface area contributed by atoms with Gasteiger partial charge in [0.15, 0.2) is 0 Å². The first kappa shape index (κ1) is 13.0. The van der Waals surface area contributed by atoms with Gasteiger partial charge >= 0.3 is 0 Å². The first-order chi connectivity index (χ1) is 9.22. The number of nitrogens with zero attached hydrogens (tertiary/aromatic N) is 2. The molecule has 0 radical (unpaired) electrons. The van der Waals surface area contributed by atoms with E-state index in [0.717, 1.165) is 5.69 Å². The van der Waals surface area contributed by atoms with E-state index in [1.165, 1.54) is 17.1 Å². The minimum Gasteiger partial charge on any atom is -0.395 e. The average Bonchev–Trinajstić information content (AvgIpc) is 2.94. The molecule has 0 atom stereocenters. The molecule has 19 heavy (non-hydrogen) atoms. The van der Waals surface area contributed by atoms with Crippen LogP contribution in [0.2, 0.25) is 0 Å². The number of aliphatic hydroxyl groups excluding tert-OH is 1. The highest BCUT2D eigenvalue weighted by molar-refractivity contribution is 6.42. The van der Waals surface area contributed by atoms with E-state index >= 15 is 0 Å². The maximum Gasteiger partial charge on any atom is 0.292 e. The van der Waals surface area contributed by atoms with Gasteiger partial charge in [-0.15, -0.1) is 0 Å². The zero-order chi connectivity index (χ0) is 13.7. The van der Waals surface area contributed by atoms with Crippen molar-refractivity contribution < 1.29 is 14.7 Å². The minimum absolute atomic E-state index is 0.0530. The highest BCUT2D eigenvalue weighted by Gasteiger charge is 2.17. The number of aromatic nitrogens is 2. The highest BCUT2D eigenvalue weighted by atomic mass is 16.3. The molecule has 2 rings (SSSR count). The van der Waals surface area contributed by atoms with Gasteiger partial charge in [0.2, 0.25) is 0 Å². The van der Waals surface area contributed by atoms with E-state index in [9.17, 15) is 9.59 Å². The molecule has 0 aliphatic heterocycles. The van der Waals surface area contributed by atoms with Crippen LogP contribution in [0.4, 0.5) is 0 Å². The van der Waals surface area contributed by atoms with Gasteiger partial charge in [0.25, 0.3) is 11.7 Å². The third-order valence-electron chi connectivity index (χ3n) is 2.47. The summed E-state index contributed by atoms with van der Waals surface area (Å²) in [7, 11) is 0. The molecule has 0 aliphatic carbocycles. The predicted octanol–water partition coefficient (Wildman–Crippen LogP) is 0.163. The number of hydrogen-bond donors (Lipinski definition) is 2. The first-order valence-electron chi connectivity index (χ1n) is 5.76. The lowest BCUT2D eigenvalue weighted by atomic mass is 10.2. The van der Waals surface area contributed by atoms with Crippen LogP contribution >= 0.6 is 0 Å². The number of hydrogen-bond acceptors (Lipinski definition) is 4. The monoisotopic (exact) mass is 259 g/mol. The fourth-order valence-electron chi connectivity index (χ4n) is 1.54. The number of carbonyl (C=O) groups excluding carboxylic acids is 2. The molecule has 1 aromatic carbocycles. The molecule has 1 heterocycles. The number of benzene rings is 1. The number of Topliss-reactive ketones (excluding diaryl/α,β-unsaturated/α-hetero) is 1. The Morgan fingerprint density at radius 2 is 2.00 bits per heavy atom. The number of aliphatic hydroxyl groups is 1. The van der Waals surface area contributed by atoms with Crippen molar-refractivity contribution in [3.63, 3.8) is 0 Å². The molecule has 1 aromatic heterocycles. The van der Waals surface area contributed by atoms with Crippen LogP contribution in [-0.2, 0) is 4.79 Å². The number of amides is 1. The average molecular weight is 259 g/mol. The Morgan fingerprint density at radius 3 is 2.68 bits per heavy atom. The van der Waals surface area contributed by atoms with E-state index < -0.39 is 11.7 Å². The molecule has 0 saturated carbocycles. The van der Waals surface area contributed by atoms with Gasteiger partial charge in [-0.3, -0.25) is 9.59 Å². The summed E-state index contributed by atoms with van der Waals surface area (Å²) in [5.74, 6) is -1.42. The van der Waals surface area contributed by atoms with E-state index in [1.54, 1.807) is 0 Å². The zero-order valence-corrected chi connectivity index (χ0v) is 10.1. The van der Waals surface area contributed by atoms with E-state index in [4.69, 9.17) is 5.11 Å². The maximum atomic E-state index is 11.7. The number of carbonyl (C=O) groups is 2. The van der Waals surface area contributed by atoms with Crippen molar-refractivity contribution in [2.45, 2.75) is 0 Å². The summed E-state index contributed by atoms with van der Waals surface area (Å²) in [6.45, 7) is -0.153. The Bertz CT molecular complexity index is 578. The Kier molecular flexibility index (Phi) is 4.04. The van der Waals surface area contributed by atoms with Crippen molar-refractivity contribution in [3.05, 3.63) is 48.3 Å². The smallest absolute Gasteiger partial charge is 0.292 e. The maximum absolute atomic E-state index is 11.7. The summed E-state index contributed by atoms with van der Waals surface area (Å²) < 4.78 is 1.52. The van der Waals surface area contributed by atoms with Crippen LogP contribution in [0.3, 0.4) is 0 Å².